The Morgan fingerprint density at radius 2 is 1.95 bits per heavy atom. The number of hydrogen-bond donors (Lipinski definition) is 1. The predicted octanol–water partition coefficient (Wildman–Crippen LogP) is 3.88. The highest BCUT2D eigenvalue weighted by Crippen LogP contribution is 2.25. The van der Waals surface area contributed by atoms with E-state index in [0.717, 1.165) is 29.2 Å². The van der Waals surface area contributed by atoms with Crippen LogP contribution in [0.2, 0.25) is 0 Å². The number of benzene rings is 1. The Kier molecular flexibility index (Phi) is 3.82. The summed E-state index contributed by atoms with van der Waals surface area (Å²) in [4.78, 5) is 4.33. The molecule has 19 heavy (non-hydrogen) atoms. The molecule has 1 heterocycles. The summed E-state index contributed by atoms with van der Waals surface area (Å²) in [6.07, 6.45) is 0.952. The fourth-order valence-corrected chi connectivity index (χ4v) is 2.16. The summed E-state index contributed by atoms with van der Waals surface area (Å²) in [6, 6.07) is 12.3. The maximum absolute atomic E-state index is 9.26. The van der Waals surface area contributed by atoms with Crippen LogP contribution in [0.3, 0.4) is 0 Å². The molecule has 1 aromatic carbocycles. The largest absolute Gasteiger partial charge is 0.354 e. The second-order valence-electron chi connectivity index (χ2n) is 4.52. The van der Waals surface area contributed by atoms with Crippen LogP contribution in [-0.2, 0) is 6.42 Å². The Bertz CT molecular complexity index is 639. The zero-order valence-corrected chi connectivity index (χ0v) is 11.5. The normalized spacial score (nSPS) is 10.0. The lowest BCUT2D eigenvalue weighted by Crippen LogP contribution is -2.01. The van der Waals surface area contributed by atoms with Gasteiger partial charge in [-0.3, -0.25) is 4.98 Å². The molecule has 0 saturated heterocycles. The van der Waals surface area contributed by atoms with Crippen molar-refractivity contribution < 1.29 is 0 Å². The molecule has 0 atom stereocenters. The van der Waals surface area contributed by atoms with Crippen LogP contribution >= 0.6 is 0 Å². The number of para-hydroxylation sites is 1. The van der Waals surface area contributed by atoms with Gasteiger partial charge in [0.2, 0.25) is 0 Å². The molecule has 1 N–H and O–H groups in total. The molecule has 0 aliphatic heterocycles. The fraction of sp³-hybridized carbons (Fsp3) is 0.250. The molecule has 0 unspecified atom stereocenters. The molecule has 3 nitrogen and oxygen atoms in total. The zero-order chi connectivity index (χ0) is 13.8. The molecule has 0 aliphatic rings. The van der Waals surface area contributed by atoms with Gasteiger partial charge in [0.05, 0.1) is 16.9 Å². The average Bonchev–Trinajstić information content (AvgIpc) is 2.39. The van der Waals surface area contributed by atoms with E-state index in [9.17, 15) is 5.26 Å². The zero-order valence-electron chi connectivity index (χ0n) is 11.5. The van der Waals surface area contributed by atoms with Crippen molar-refractivity contribution in [3.63, 3.8) is 0 Å². The van der Waals surface area contributed by atoms with E-state index >= 15 is 0 Å². The molecular formula is C16H17N3. The van der Waals surface area contributed by atoms with Gasteiger partial charge in [0.1, 0.15) is 6.07 Å². The summed E-state index contributed by atoms with van der Waals surface area (Å²) in [5, 5.41) is 12.6. The molecule has 0 saturated carbocycles. The number of nitriles is 1. The highest BCUT2D eigenvalue weighted by Gasteiger charge is 2.09. The number of hydrogen-bond acceptors (Lipinski definition) is 3. The number of nitrogens with zero attached hydrogens (tertiary/aromatic N) is 2. The van der Waals surface area contributed by atoms with E-state index in [0.29, 0.717) is 5.56 Å². The maximum Gasteiger partial charge on any atom is 0.103 e. The van der Waals surface area contributed by atoms with Gasteiger partial charge in [0.25, 0.3) is 0 Å². The molecule has 0 spiro atoms. The van der Waals surface area contributed by atoms with Crippen molar-refractivity contribution in [2.24, 2.45) is 0 Å². The maximum atomic E-state index is 9.26. The summed E-state index contributed by atoms with van der Waals surface area (Å²) >= 11 is 0. The summed E-state index contributed by atoms with van der Waals surface area (Å²) in [5.74, 6) is 0. The minimum absolute atomic E-state index is 0.608. The van der Waals surface area contributed by atoms with Gasteiger partial charge in [-0.05, 0) is 38.0 Å². The van der Waals surface area contributed by atoms with Gasteiger partial charge in [0.15, 0.2) is 0 Å². The van der Waals surface area contributed by atoms with Crippen molar-refractivity contribution in [1.82, 2.24) is 4.98 Å². The quantitative estimate of drug-likeness (QED) is 0.900. The van der Waals surface area contributed by atoms with E-state index < -0.39 is 0 Å². The number of nitrogens with one attached hydrogen (secondary N) is 1. The number of aryl methyl sites for hydroxylation is 3. The molecule has 1 aromatic heterocycles. The van der Waals surface area contributed by atoms with Crippen LogP contribution in [-0.4, -0.2) is 4.98 Å². The third kappa shape index (κ3) is 2.74. The van der Waals surface area contributed by atoms with Gasteiger partial charge in [-0.25, -0.2) is 0 Å². The first-order chi connectivity index (χ1) is 9.15. The standard InChI is InChI=1S/C16H17N3/c1-4-13-7-5-6-8-15(13)19-16-9-11(2)18-12(3)14(16)10-17/h5-9H,4H2,1-3H3,(H,18,19). The van der Waals surface area contributed by atoms with Gasteiger partial charge in [0, 0.05) is 11.4 Å². The monoisotopic (exact) mass is 251 g/mol. The number of anilines is 2. The first-order valence-electron chi connectivity index (χ1n) is 6.39. The lowest BCUT2D eigenvalue weighted by molar-refractivity contribution is 1.10. The first-order valence-corrected chi connectivity index (χ1v) is 6.39. The third-order valence-corrected chi connectivity index (χ3v) is 3.11. The fourth-order valence-electron chi connectivity index (χ4n) is 2.16. The van der Waals surface area contributed by atoms with E-state index in [2.05, 4.69) is 29.4 Å². The lowest BCUT2D eigenvalue weighted by atomic mass is 10.1. The van der Waals surface area contributed by atoms with Crippen LogP contribution in [0, 0.1) is 25.2 Å². The number of pyridine rings is 1. The van der Waals surface area contributed by atoms with Crippen molar-refractivity contribution in [3.8, 4) is 6.07 Å². The summed E-state index contributed by atoms with van der Waals surface area (Å²) in [7, 11) is 0. The van der Waals surface area contributed by atoms with Gasteiger partial charge in [-0.15, -0.1) is 0 Å². The predicted molar refractivity (Wildman–Crippen MR) is 77.5 cm³/mol. The molecule has 3 heteroatoms. The van der Waals surface area contributed by atoms with Crippen molar-refractivity contribution in [3.05, 3.63) is 52.8 Å². The van der Waals surface area contributed by atoms with Gasteiger partial charge in [-0.1, -0.05) is 25.1 Å². The van der Waals surface area contributed by atoms with Crippen molar-refractivity contribution >= 4 is 11.4 Å². The van der Waals surface area contributed by atoms with Crippen LogP contribution in [0.25, 0.3) is 0 Å². The Morgan fingerprint density at radius 1 is 1.21 bits per heavy atom. The Balaban J connectivity index is 2.47. The SMILES string of the molecule is CCc1ccccc1Nc1cc(C)nc(C)c1C#N. The molecule has 2 rings (SSSR count). The van der Waals surface area contributed by atoms with Crippen LogP contribution in [0.1, 0.15) is 29.4 Å². The molecule has 2 aromatic rings. The molecule has 0 amide bonds. The first kappa shape index (κ1) is 13.1. The average molecular weight is 251 g/mol. The van der Waals surface area contributed by atoms with Gasteiger partial charge in [-0.2, -0.15) is 5.26 Å². The third-order valence-electron chi connectivity index (χ3n) is 3.11. The second-order valence-corrected chi connectivity index (χ2v) is 4.52. The Morgan fingerprint density at radius 3 is 2.63 bits per heavy atom. The Labute approximate surface area is 113 Å². The van der Waals surface area contributed by atoms with Crippen LogP contribution in [0.5, 0.6) is 0 Å². The van der Waals surface area contributed by atoms with E-state index in [1.165, 1.54) is 5.56 Å². The Hall–Kier alpha value is -2.34. The molecule has 0 radical (unpaired) electrons. The van der Waals surface area contributed by atoms with Crippen LogP contribution < -0.4 is 5.32 Å². The summed E-state index contributed by atoms with van der Waals surface area (Å²) in [6.45, 7) is 5.92. The topological polar surface area (TPSA) is 48.7 Å². The van der Waals surface area contributed by atoms with Crippen molar-refractivity contribution in [1.29, 1.82) is 5.26 Å². The second kappa shape index (κ2) is 5.53. The van der Waals surface area contributed by atoms with E-state index in [1.807, 2.05) is 38.1 Å². The summed E-state index contributed by atoms with van der Waals surface area (Å²) < 4.78 is 0. The van der Waals surface area contributed by atoms with E-state index in [-0.39, 0.29) is 0 Å². The van der Waals surface area contributed by atoms with Crippen LogP contribution in [0.15, 0.2) is 30.3 Å². The highest BCUT2D eigenvalue weighted by molar-refractivity contribution is 5.69. The number of rotatable bonds is 3. The van der Waals surface area contributed by atoms with E-state index in [4.69, 9.17) is 0 Å². The number of aromatic nitrogens is 1. The molecule has 96 valence electrons. The molecule has 0 bridgehead atoms. The molecule has 0 aliphatic carbocycles. The smallest absolute Gasteiger partial charge is 0.103 e. The summed E-state index contributed by atoms with van der Waals surface area (Å²) in [5.41, 5.74) is 5.39. The van der Waals surface area contributed by atoms with Gasteiger partial charge < -0.3 is 5.32 Å². The minimum atomic E-state index is 0.608. The van der Waals surface area contributed by atoms with Crippen LogP contribution in [0.4, 0.5) is 11.4 Å². The highest BCUT2D eigenvalue weighted by atomic mass is 14.9. The lowest BCUT2D eigenvalue weighted by Gasteiger charge is -2.13. The van der Waals surface area contributed by atoms with E-state index in [1.54, 1.807) is 0 Å². The van der Waals surface area contributed by atoms with Crippen molar-refractivity contribution in [2.45, 2.75) is 27.2 Å². The molecule has 0 fully saturated rings. The van der Waals surface area contributed by atoms with Gasteiger partial charge >= 0.3 is 0 Å². The minimum Gasteiger partial charge on any atom is -0.354 e. The van der Waals surface area contributed by atoms with Crippen molar-refractivity contribution in [2.75, 3.05) is 5.32 Å². The molecular weight excluding hydrogens is 234 g/mol.